The van der Waals surface area contributed by atoms with E-state index in [0.29, 0.717) is 0 Å². The first-order valence-electron chi connectivity index (χ1n) is 8.98. The molecule has 3 heteroatoms. The molecule has 0 aliphatic carbocycles. The molecule has 1 nitrogen and oxygen atoms in total. The fraction of sp³-hybridized carbons (Fsp3) is 0. The van der Waals surface area contributed by atoms with Crippen molar-refractivity contribution in [2.24, 2.45) is 0 Å². The van der Waals surface area contributed by atoms with Gasteiger partial charge in [-0.15, -0.1) is 0 Å². The van der Waals surface area contributed by atoms with E-state index in [1.807, 2.05) is 0 Å². The Hall–Kier alpha value is -2.85. The predicted octanol–water partition coefficient (Wildman–Crippen LogP) is 4.70. The molecule has 4 aromatic rings. The van der Waals surface area contributed by atoms with E-state index in [9.17, 15) is 0 Å². The molecule has 0 spiro atoms. The van der Waals surface area contributed by atoms with Gasteiger partial charge in [0.1, 0.15) is 33.9 Å². The summed E-state index contributed by atoms with van der Waals surface area (Å²) >= 11 is 3.09. The zero-order valence-electron chi connectivity index (χ0n) is 15.4. The molecule has 0 amide bonds. The molecule has 0 aromatic heterocycles. The molecule has 0 N–H and O–H groups in total. The van der Waals surface area contributed by atoms with Crippen LogP contribution in [0, 0.1) is 10.7 Å². The van der Waals surface area contributed by atoms with Gasteiger partial charge in [-0.3, -0.25) is 0 Å². The molecule has 0 bridgehead atoms. The number of hydrogen-bond acceptors (Lipinski definition) is 2. The van der Waals surface area contributed by atoms with Crippen molar-refractivity contribution in [2.45, 2.75) is 0 Å². The van der Waals surface area contributed by atoms with Crippen LogP contribution in [0.1, 0.15) is 0 Å². The summed E-state index contributed by atoms with van der Waals surface area (Å²) in [5.41, 5.74) is 0. The molecular formula is C25H21NPS+. The van der Waals surface area contributed by atoms with Gasteiger partial charge in [0.2, 0.25) is 0 Å². The Morgan fingerprint density at radius 1 is 0.464 bits per heavy atom. The van der Waals surface area contributed by atoms with Crippen LogP contribution in [0.3, 0.4) is 0 Å². The normalized spacial score (nSPS) is 10.3. The maximum absolute atomic E-state index is 7.18. The van der Waals surface area contributed by atoms with E-state index in [0.717, 1.165) is 0 Å². The average Bonchev–Trinajstić information content (AvgIpc) is 2.78. The molecule has 0 fully saturated rings. The van der Waals surface area contributed by atoms with Gasteiger partial charge in [0, 0.05) is 0 Å². The number of rotatable bonds is 4. The lowest BCUT2D eigenvalue weighted by Crippen LogP contribution is -2.38. The molecule has 4 rings (SSSR count). The van der Waals surface area contributed by atoms with E-state index in [-0.39, 0.29) is 0 Å². The Morgan fingerprint density at radius 2 is 0.643 bits per heavy atom. The molecule has 0 saturated heterocycles. The molecule has 0 aliphatic rings. The van der Waals surface area contributed by atoms with Crippen LogP contribution in [-0.2, 0) is 0 Å². The van der Waals surface area contributed by atoms with Crippen LogP contribution < -0.4 is 21.2 Å². The van der Waals surface area contributed by atoms with Crippen LogP contribution in [0.2, 0.25) is 0 Å². The van der Waals surface area contributed by atoms with Crippen LogP contribution in [0.25, 0.3) is 0 Å². The summed E-state index contributed by atoms with van der Waals surface area (Å²) < 4.78 is 0. The van der Waals surface area contributed by atoms with E-state index >= 15 is 0 Å². The standard InChI is InChI=1S/C24H20P.CHNS/c1-5-13-21(14-6-1)25(22-15-7-2-8-16-22,23-17-9-3-10-18-23)24-19-11-4-12-20-24;2-1-3/h1-20H;3H/q+1;. The van der Waals surface area contributed by atoms with Gasteiger partial charge in [0.05, 0.1) is 0 Å². The van der Waals surface area contributed by atoms with Crippen LogP contribution >= 0.6 is 19.9 Å². The minimum atomic E-state index is -1.91. The topological polar surface area (TPSA) is 23.8 Å². The Labute approximate surface area is 173 Å². The molecule has 0 saturated carbocycles. The summed E-state index contributed by atoms with van der Waals surface area (Å²) in [4.78, 5) is 0. The largest absolute Gasteiger partial charge is 0.185 e. The molecule has 0 unspecified atom stereocenters. The van der Waals surface area contributed by atoms with E-state index < -0.39 is 7.26 Å². The lowest BCUT2D eigenvalue weighted by molar-refractivity contribution is 1.57. The van der Waals surface area contributed by atoms with Crippen molar-refractivity contribution < 1.29 is 0 Å². The Balaban J connectivity index is 0.000000706. The number of benzene rings is 4. The number of thiol groups is 1. The van der Waals surface area contributed by atoms with Crippen molar-refractivity contribution in [3.63, 3.8) is 0 Å². The van der Waals surface area contributed by atoms with Gasteiger partial charge in [-0.25, -0.2) is 0 Å². The van der Waals surface area contributed by atoms with E-state index in [4.69, 9.17) is 5.26 Å². The van der Waals surface area contributed by atoms with E-state index in [1.54, 1.807) is 0 Å². The van der Waals surface area contributed by atoms with Crippen LogP contribution in [-0.4, -0.2) is 0 Å². The SMILES string of the molecule is N#CS.c1ccc([P+](c2ccccc2)(c2ccccc2)c2ccccc2)cc1. The molecule has 0 aliphatic heterocycles. The Bertz CT molecular complexity index is 850. The summed E-state index contributed by atoms with van der Waals surface area (Å²) in [5, 5.41) is 14.2. The highest BCUT2D eigenvalue weighted by atomic mass is 32.1. The number of thiocyanates is 1. The van der Waals surface area contributed by atoms with E-state index in [2.05, 4.69) is 134 Å². The minimum absolute atomic E-state index is 1.39. The van der Waals surface area contributed by atoms with Crippen molar-refractivity contribution in [1.29, 1.82) is 5.26 Å². The van der Waals surface area contributed by atoms with Crippen molar-refractivity contribution in [3.05, 3.63) is 121 Å². The minimum Gasteiger partial charge on any atom is -0.185 e. The number of nitrogens with zero attached hydrogens (tertiary/aromatic N) is 1. The van der Waals surface area contributed by atoms with Crippen LogP contribution in [0.4, 0.5) is 0 Å². The fourth-order valence-corrected chi connectivity index (χ4v) is 7.77. The third-order valence-electron chi connectivity index (χ3n) is 4.57. The third kappa shape index (κ3) is 4.02. The van der Waals surface area contributed by atoms with Gasteiger partial charge in [-0.2, -0.15) is 5.26 Å². The Morgan fingerprint density at radius 3 is 0.821 bits per heavy atom. The van der Waals surface area contributed by atoms with Crippen molar-refractivity contribution in [2.75, 3.05) is 0 Å². The zero-order chi connectivity index (χ0) is 19.7. The predicted molar refractivity (Wildman–Crippen MR) is 126 cm³/mol. The molecule has 136 valence electrons. The van der Waals surface area contributed by atoms with Crippen molar-refractivity contribution in [1.82, 2.24) is 0 Å². The van der Waals surface area contributed by atoms with Crippen LogP contribution in [0.5, 0.6) is 0 Å². The summed E-state index contributed by atoms with van der Waals surface area (Å²) in [7, 11) is -1.91. The highest BCUT2D eigenvalue weighted by Gasteiger charge is 2.47. The first-order valence-corrected chi connectivity index (χ1v) is 11.2. The lowest BCUT2D eigenvalue weighted by atomic mass is 10.3. The highest BCUT2D eigenvalue weighted by molar-refractivity contribution is 8.01. The monoisotopic (exact) mass is 398 g/mol. The third-order valence-corrected chi connectivity index (χ3v) is 8.86. The molecular weight excluding hydrogens is 377 g/mol. The second-order valence-corrected chi connectivity index (χ2v) is 9.72. The van der Waals surface area contributed by atoms with Gasteiger partial charge in [0.15, 0.2) is 0 Å². The highest BCUT2D eigenvalue weighted by Crippen LogP contribution is 2.53. The Kier molecular flexibility index (Phi) is 7.04. The van der Waals surface area contributed by atoms with Gasteiger partial charge in [0.25, 0.3) is 0 Å². The summed E-state index contributed by atoms with van der Waals surface area (Å²) in [5.74, 6) is 0. The second kappa shape index (κ2) is 9.90. The summed E-state index contributed by atoms with van der Waals surface area (Å²) in [6, 6.07) is 43.8. The van der Waals surface area contributed by atoms with E-state index in [1.165, 1.54) is 26.6 Å². The van der Waals surface area contributed by atoms with Crippen molar-refractivity contribution >= 4 is 41.1 Å². The quantitative estimate of drug-likeness (QED) is 0.301. The number of nitriles is 1. The van der Waals surface area contributed by atoms with Gasteiger partial charge in [-0.1, -0.05) is 85.4 Å². The first-order chi connectivity index (χ1) is 13.8. The second-order valence-electron chi connectivity index (χ2n) is 6.11. The van der Waals surface area contributed by atoms with Gasteiger partial charge in [-0.05, 0) is 48.5 Å². The molecule has 0 heterocycles. The molecule has 28 heavy (non-hydrogen) atoms. The maximum Gasteiger partial charge on any atom is 0.144 e. The van der Waals surface area contributed by atoms with Crippen molar-refractivity contribution in [3.8, 4) is 5.40 Å². The molecule has 4 aromatic carbocycles. The van der Waals surface area contributed by atoms with Gasteiger partial charge >= 0.3 is 0 Å². The zero-order valence-corrected chi connectivity index (χ0v) is 17.2. The molecule has 0 radical (unpaired) electrons. The number of hydrogen-bond donors (Lipinski definition) is 1. The fourth-order valence-electron chi connectivity index (χ4n) is 3.50. The first kappa shape index (κ1) is 19.9. The molecule has 0 atom stereocenters. The van der Waals surface area contributed by atoms with Gasteiger partial charge < -0.3 is 0 Å². The maximum atomic E-state index is 7.18. The summed E-state index contributed by atoms with van der Waals surface area (Å²) in [6.45, 7) is 0. The van der Waals surface area contributed by atoms with Crippen LogP contribution in [0.15, 0.2) is 121 Å². The summed E-state index contributed by atoms with van der Waals surface area (Å²) in [6.07, 6.45) is 0. The average molecular weight is 398 g/mol. The lowest BCUT2D eigenvalue weighted by Gasteiger charge is -2.27. The smallest absolute Gasteiger partial charge is 0.144 e.